The number of carbonyl (C=O) groups is 2. The van der Waals surface area contributed by atoms with Crippen LogP contribution in [-0.4, -0.2) is 61.6 Å². The van der Waals surface area contributed by atoms with Crippen LogP contribution in [0.15, 0.2) is 47.5 Å². The number of urea groups is 1. The number of para-hydroxylation sites is 1. The second-order valence-electron chi connectivity index (χ2n) is 8.80. The van der Waals surface area contributed by atoms with E-state index in [9.17, 15) is 14.7 Å². The van der Waals surface area contributed by atoms with Gasteiger partial charge in [0, 0.05) is 43.0 Å². The molecule has 2 atom stereocenters. The van der Waals surface area contributed by atoms with Gasteiger partial charge in [-0.3, -0.25) is 9.79 Å². The van der Waals surface area contributed by atoms with Gasteiger partial charge in [0.15, 0.2) is 11.5 Å². The zero-order valence-corrected chi connectivity index (χ0v) is 19.6. The number of piperidine rings is 1. The van der Waals surface area contributed by atoms with E-state index in [1.54, 1.807) is 19.1 Å². The van der Waals surface area contributed by atoms with Crippen LogP contribution in [0.3, 0.4) is 0 Å². The van der Waals surface area contributed by atoms with Crippen LogP contribution in [-0.2, 0) is 11.2 Å². The Labute approximate surface area is 199 Å². The van der Waals surface area contributed by atoms with Gasteiger partial charge in [0.25, 0.3) is 0 Å². The van der Waals surface area contributed by atoms with E-state index >= 15 is 0 Å². The maximum Gasteiger partial charge on any atom is 0.321 e. The second kappa shape index (κ2) is 10.6. The van der Waals surface area contributed by atoms with Crippen molar-refractivity contribution in [2.45, 2.75) is 25.7 Å². The Bertz CT molecular complexity index is 1070. The van der Waals surface area contributed by atoms with Gasteiger partial charge in [-0.05, 0) is 60.9 Å². The summed E-state index contributed by atoms with van der Waals surface area (Å²) in [6.45, 7) is 1.69. The van der Waals surface area contributed by atoms with Gasteiger partial charge in [-0.25, -0.2) is 4.79 Å². The maximum atomic E-state index is 12.9. The smallest absolute Gasteiger partial charge is 0.321 e. The average molecular weight is 466 g/mol. The van der Waals surface area contributed by atoms with Gasteiger partial charge in [-0.15, -0.1) is 0 Å². The fourth-order valence-corrected chi connectivity index (χ4v) is 4.93. The molecule has 8 heteroatoms. The highest BCUT2D eigenvalue weighted by molar-refractivity contribution is 6.03. The van der Waals surface area contributed by atoms with Crippen LogP contribution in [0.2, 0.25) is 0 Å². The van der Waals surface area contributed by atoms with Gasteiger partial charge in [-0.2, -0.15) is 0 Å². The number of methoxy groups -OCH3 is 2. The molecule has 1 saturated heterocycles. The molecule has 2 amide bonds. The minimum absolute atomic E-state index is 0.0100. The molecule has 0 radical (unpaired) electrons. The highest BCUT2D eigenvalue weighted by atomic mass is 16.5. The normalized spacial score (nSPS) is 19.6. The first kappa shape index (κ1) is 23.6. The molecule has 8 nitrogen and oxygen atoms in total. The molecule has 2 unspecified atom stereocenters. The van der Waals surface area contributed by atoms with Gasteiger partial charge in [0.05, 0.1) is 14.2 Å². The zero-order valence-electron chi connectivity index (χ0n) is 19.6. The monoisotopic (exact) mass is 465 g/mol. The number of hydrogen-bond donors (Lipinski definition) is 2. The van der Waals surface area contributed by atoms with Crippen LogP contribution in [0, 0.1) is 11.8 Å². The summed E-state index contributed by atoms with van der Waals surface area (Å²) in [5, 5.41) is 12.4. The minimum Gasteiger partial charge on any atom is -0.493 e. The van der Waals surface area contributed by atoms with E-state index in [1.165, 1.54) is 0 Å². The van der Waals surface area contributed by atoms with Crippen molar-refractivity contribution >= 4 is 23.4 Å². The van der Waals surface area contributed by atoms with E-state index in [-0.39, 0.29) is 24.3 Å². The van der Waals surface area contributed by atoms with Crippen LogP contribution >= 0.6 is 0 Å². The number of aliphatic carboxylic acids is 1. The van der Waals surface area contributed by atoms with E-state index in [0.717, 1.165) is 28.9 Å². The van der Waals surface area contributed by atoms with E-state index in [2.05, 4.69) is 5.32 Å². The summed E-state index contributed by atoms with van der Waals surface area (Å²) >= 11 is 0. The van der Waals surface area contributed by atoms with Crippen molar-refractivity contribution in [2.75, 3.05) is 39.2 Å². The third-order valence-corrected chi connectivity index (χ3v) is 6.70. The highest BCUT2D eigenvalue weighted by Crippen LogP contribution is 2.36. The number of nitrogens with zero attached hydrogens (tertiary/aromatic N) is 2. The number of benzene rings is 2. The lowest BCUT2D eigenvalue weighted by molar-refractivity contribution is -0.138. The van der Waals surface area contributed by atoms with Crippen molar-refractivity contribution in [1.82, 2.24) is 4.90 Å². The summed E-state index contributed by atoms with van der Waals surface area (Å²) in [7, 11) is 3.23. The zero-order chi connectivity index (χ0) is 24.1. The van der Waals surface area contributed by atoms with Gasteiger partial charge < -0.3 is 24.8 Å². The largest absolute Gasteiger partial charge is 0.493 e. The van der Waals surface area contributed by atoms with Crippen molar-refractivity contribution in [2.24, 2.45) is 16.8 Å². The molecule has 2 aliphatic rings. The Morgan fingerprint density at radius 1 is 1.12 bits per heavy atom. The lowest BCUT2D eigenvalue weighted by Gasteiger charge is -2.38. The number of carboxylic acid groups (broad SMARTS) is 1. The Balaban J connectivity index is 1.54. The van der Waals surface area contributed by atoms with Crippen molar-refractivity contribution < 1.29 is 24.2 Å². The van der Waals surface area contributed by atoms with Crippen LogP contribution in [0.25, 0.3) is 0 Å². The molecular formula is C26H31N3O5. The molecular weight excluding hydrogens is 434 g/mol. The van der Waals surface area contributed by atoms with Crippen LogP contribution in [0.5, 0.6) is 11.5 Å². The molecule has 2 heterocycles. The van der Waals surface area contributed by atoms with Crippen molar-refractivity contribution in [3.63, 3.8) is 0 Å². The van der Waals surface area contributed by atoms with Gasteiger partial charge >= 0.3 is 12.0 Å². The fourth-order valence-electron chi connectivity index (χ4n) is 4.93. The lowest BCUT2D eigenvalue weighted by Crippen LogP contribution is -2.46. The van der Waals surface area contributed by atoms with Crippen LogP contribution in [0.4, 0.5) is 10.5 Å². The molecule has 0 bridgehead atoms. The van der Waals surface area contributed by atoms with E-state index < -0.39 is 5.97 Å². The first-order valence-corrected chi connectivity index (χ1v) is 11.6. The summed E-state index contributed by atoms with van der Waals surface area (Å²) in [5.74, 6) is 0.489. The molecule has 2 aromatic carbocycles. The molecule has 4 rings (SSSR count). The van der Waals surface area contributed by atoms with E-state index in [1.807, 2.05) is 42.5 Å². The topological polar surface area (TPSA) is 100 Å². The Hall–Kier alpha value is -3.55. The third-order valence-electron chi connectivity index (χ3n) is 6.70. The van der Waals surface area contributed by atoms with Crippen molar-refractivity contribution in [3.8, 4) is 11.5 Å². The highest BCUT2D eigenvalue weighted by Gasteiger charge is 2.34. The number of ether oxygens (including phenoxy) is 2. The predicted molar refractivity (Wildman–Crippen MR) is 130 cm³/mol. The molecule has 0 aromatic heterocycles. The average Bonchev–Trinajstić information content (AvgIpc) is 2.84. The molecule has 34 heavy (non-hydrogen) atoms. The van der Waals surface area contributed by atoms with Gasteiger partial charge in [0.1, 0.15) is 0 Å². The predicted octanol–water partition coefficient (Wildman–Crippen LogP) is 4.08. The number of carboxylic acids is 1. The summed E-state index contributed by atoms with van der Waals surface area (Å²) in [6, 6.07) is 13.1. The third kappa shape index (κ3) is 5.32. The van der Waals surface area contributed by atoms with Crippen LogP contribution in [0.1, 0.15) is 30.4 Å². The molecule has 2 N–H and O–H groups in total. The summed E-state index contributed by atoms with van der Waals surface area (Å²) in [6.07, 6.45) is 2.15. The van der Waals surface area contributed by atoms with Gasteiger partial charge in [-0.1, -0.05) is 18.2 Å². The molecule has 180 valence electrons. The number of fused-ring (bicyclic) bond motifs is 1. The van der Waals surface area contributed by atoms with Crippen LogP contribution < -0.4 is 14.8 Å². The van der Waals surface area contributed by atoms with Crippen molar-refractivity contribution in [3.05, 3.63) is 53.6 Å². The summed E-state index contributed by atoms with van der Waals surface area (Å²) in [5.41, 5.74) is 3.84. The van der Waals surface area contributed by atoms with Gasteiger partial charge in [0.2, 0.25) is 0 Å². The van der Waals surface area contributed by atoms with E-state index in [4.69, 9.17) is 14.5 Å². The van der Waals surface area contributed by atoms with E-state index in [0.29, 0.717) is 44.0 Å². The molecule has 2 aliphatic heterocycles. The number of anilines is 1. The molecule has 0 aliphatic carbocycles. The first-order chi connectivity index (χ1) is 16.5. The quantitative estimate of drug-likeness (QED) is 0.642. The molecule has 2 aromatic rings. The Morgan fingerprint density at radius 2 is 1.85 bits per heavy atom. The summed E-state index contributed by atoms with van der Waals surface area (Å²) < 4.78 is 11.0. The number of likely N-dealkylation sites (tertiary alicyclic amines) is 1. The Kier molecular flexibility index (Phi) is 7.35. The number of hydrogen-bond acceptors (Lipinski definition) is 5. The first-order valence-electron chi connectivity index (χ1n) is 11.6. The SMILES string of the molecule is COc1cc2c(cc1OC)C(CC1CN(C(=O)Nc3ccccc3)CCC1CC(=O)O)=NCC2. The standard InChI is InChI=1S/C26H31N3O5/c1-33-23-13-18-8-10-27-22(21(18)15-24(23)34-2)12-19-16-29(11-9-17(19)14-25(30)31)26(32)28-20-6-4-3-5-7-20/h3-7,13,15,17,19H,8-12,14,16H2,1-2H3,(H,28,32)(H,30,31). The Morgan fingerprint density at radius 3 is 2.56 bits per heavy atom. The number of amides is 2. The number of aliphatic imine (C=N–C) groups is 1. The number of carbonyl (C=O) groups excluding carboxylic acids is 1. The number of nitrogens with one attached hydrogen (secondary N) is 1. The van der Waals surface area contributed by atoms with Crippen molar-refractivity contribution in [1.29, 1.82) is 0 Å². The lowest BCUT2D eigenvalue weighted by atomic mass is 9.78. The molecule has 0 saturated carbocycles. The minimum atomic E-state index is -0.811. The maximum absolute atomic E-state index is 12.9. The molecule has 1 fully saturated rings. The fraction of sp³-hybridized carbons (Fsp3) is 0.423. The second-order valence-corrected chi connectivity index (χ2v) is 8.80. The molecule has 0 spiro atoms. The summed E-state index contributed by atoms with van der Waals surface area (Å²) in [4.78, 5) is 31.1. The number of rotatable bonds is 7.